The predicted octanol–water partition coefficient (Wildman–Crippen LogP) is 4.72. The average Bonchev–Trinajstić information content (AvgIpc) is 3.53. The van der Waals surface area contributed by atoms with Crippen LogP contribution in [0, 0.1) is 5.92 Å². The number of benzene rings is 2. The Bertz CT molecular complexity index is 1270. The minimum absolute atomic E-state index is 0.0908. The maximum atomic E-state index is 12.3. The Balaban J connectivity index is 1.07. The summed E-state index contributed by atoms with van der Waals surface area (Å²) in [5.41, 5.74) is 9.19. The van der Waals surface area contributed by atoms with E-state index in [0.29, 0.717) is 23.7 Å². The molecule has 36 heavy (non-hydrogen) atoms. The van der Waals surface area contributed by atoms with Crippen LogP contribution in [0.25, 0.3) is 11.0 Å². The van der Waals surface area contributed by atoms with Gasteiger partial charge in [-0.3, -0.25) is 4.79 Å². The lowest BCUT2D eigenvalue weighted by Crippen LogP contribution is -2.35. The van der Waals surface area contributed by atoms with Gasteiger partial charge >= 0.3 is 0 Å². The van der Waals surface area contributed by atoms with E-state index >= 15 is 0 Å². The molecule has 2 aromatic heterocycles. The summed E-state index contributed by atoms with van der Waals surface area (Å²) in [4.78, 5) is 19.8. The largest absolute Gasteiger partial charge is 0.467 e. The molecule has 0 bridgehead atoms. The normalized spacial score (nSPS) is 14.9. The summed E-state index contributed by atoms with van der Waals surface area (Å²) in [5, 5.41) is 2.99. The Morgan fingerprint density at radius 1 is 1.03 bits per heavy atom. The molecule has 1 amide bonds. The highest BCUT2D eigenvalue weighted by Crippen LogP contribution is 2.25. The number of unbranched alkanes of at least 4 members (excludes halogenated alkanes) is 1. The molecule has 3 N–H and O–H groups in total. The summed E-state index contributed by atoms with van der Waals surface area (Å²) < 4.78 is 7.94. The van der Waals surface area contributed by atoms with E-state index in [9.17, 15) is 4.79 Å². The van der Waals surface area contributed by atoms with Gasteiger partial charge in [-0.25, -0.2) is 4.98 Å². The number of aromatic nitrogens is 2. The Hall–Kier alpha value is -3.58. The van der Waals surface area contributed by atoms with Crippen LogP contribution in [0.1, 0.15) is 47.6 Å². The fraction of sp³-hybridized carbons (Fsp3) is 0.379. The number of imidazole rings is 1. The molecular formula is C29H35N5O2. The number of hydrogen-bond donors (Lipinski definition) is 2. The minimum atomic E-state index is -0.0908. The number of piperidine rings is 1. The van der Waals surface area contributed by atoms with Gasteiger partial charge in [-0.2, -0.15) is 0 Å². The van der Waals surface area contributed by atoms with Crippen LogP contribution in [0.5, 0.6) is 0 Å². The smallest absolute Gasteiger partial charge is 0.253 e. The van der Waals surface area contributed by atoms with Crippen molar-refractivity contribution in [3.05, 3.63) is 84.1 Å². The average molecular weight is 486 g/mol. The molecule has 0 spiro atoms. The van der Waals surface area contributed by atoms with Crippen LogP contribution in [-0.4, -0.2) is 46.5 Å². The molecule has 1 saturated heterocycles. The second-order valence-electron chi connectivity index (χ2n) is 9.72. The van der Waals surface area contributed by atoms with Crippen LogP contribution in [-0.2, 0) is 13.0 Å². The number of rotatable bonds is 10. The van der Waals surface area contributed by atoms with Crippen molar-refractivity contribution in [2.24, 2.45) is 5.92 Å². The molecule has 1 aliphatic heterocycles. The molecule has 0 atom stereocenters. The molecule has 2 aromatic carbocycles. The van der Waals surface area contributed by atoms with E-state index in [1.165, 1.54) is 18.4 Å². The second kappa shape index (κ2) is 11.4. The first-order chi connectivity index (χ1) is 17.7. The van der Waals surface area contributed by atoms with Crippen molar-refractivity contribution in [2.75, 3.05) is 31.9 Å². The molecule has 0 radical (unpaired) electrons. The molecule has 3 heterocycles. The summed E-state index contributed by atoms with van der Waals surface area (Å²) in [6, 6.07) is 19.5. The highest BCUT2D eigenvalue weighted by atomic mass is 16.3. The third-order valence-corrected chi connectivity index (χ3v) is 7.20. The number of furan rings is 1. The van der Waals surface area contributed by atoms with Gasteiger partial charge in [0.2, 0.25) is 0 Å². The third kappa shape index (κ3) is 5.79. The van der Waals surface area contributed by atoms with Crippen LogP contribution in [0.3, 0.4) is 0 Å². The molecule has 1 fully saturated rings. The first kappa shape index (κ1) is 24.1. The van der Waals surface area contributed by atoms with E-state index in [-0.39, 0.29) is 5.91 Å². The zero-order valence-electron chi connectivity index (χ0n) is 20.7. The van der Waals surface area contributed by atoms with Gasteiger partial charge in [-0.1, -0.05) is 24.3 Å². The predicted molar refractivity (Wildman–Crippen MR) is 143 cm³/mol. The zero-order valence-corrected chi connectivity index (χ0v) is 20.7. The number of anilines is 1. The number of nitrogens with two attached hydrogens (primary N) is 1. The number of hydrogen-bond acceptors (Lipinski definition) is 5. The number of likely N-dealkylation sites (tertiary alicyclic amines) is 1. The maximum absolute atomic E-state index is 12.3. The molecule has 188 valence electrons. The van der Waals surface area contributed by atoms with Crippen molar-refractivity contribution in [1.29, 1.82) is 0 Å². The first-order valence-electron chi connectivity index (χ1n) is 13.0. The Morgan fingerprint density at radius 2 is 1.83 bits per heavy atom. The van der Waals surface area contributed by atoms with Crippen molar-refractivity contribution in [3.63, 3.8) is 0 Å². The highest BCUT2D eigenvalue weighted by Gasteiger charge is 2.22. The van der Waals surface area contributed by atoms with E-state index in [4.69, 9.17) is 15.1 Å². The Morgan fingerprint density at radius 3 is 2.64 bits per heavy atom. The molecule has 0 unspecified atom stereocenters. The van der Waals surface area contributed by atoms with Gasteiger partial charge in [0.25, 0.3) is 5.91 Å². The highest BCUT2D eigenvalue weighted by molar-refractivity contribution is 5.99. The van der Waals surface area contributed by atoms with Gasteiger partial charge in [-0.05, 0) is 87.6 Å². The number of nitrogens with zero attached hydrogens (tertiary/aromatic N) is 3. The minimum Gasteiger partial charge on any atom is -0.467 e. The van der Waals surface area contributed by atoms with Crippen LogP contribution in [0.4, 0.5) is 5.69 Å². The van der Waals surface area contributed by atoms with E-state index in [1.807, 2.05) is 24.3 Å². The topological polar surface area (TPSA) is 89.3 Å². The lowest BCUT2D eigenvalue weighted by atomic mass is 9.93. The molecule has 7 heteroatoms. The van der Waals surface area contributed by atoms with Crippen LogP contribution >= 0.6 is 0 Å². The van der Waals surface area contributed by atoms with Crippen molar-refractivity contribution in [3.8, 4) is 0 Å². The van der Waals surface area contributed by atoms with Gasteiger partial charge in [0, 0.05) is 18.7 Å². The van der Waals surface area contributed by atoms with Gasteiger partial charge in [0.15, 0.2) is 0 Å². The van der Waals surface area contributed by atoms with Gasteiger partial charge in [0.1, 0.15) is 11.6 Å². The number of nitrogen functional groups attached to an aromatic ring is 1. The zero-order chi connectivity index (χ0) is 24.7. The van der Waals surface area contributed by atoms with Crippen molar-refractivity contribution in [1.82, 2.24) is 19.8 Å². The Labute approximate surface area is 212 Å². The first-order valence-corrected chi connectivity index (χ1v) is 13.0. The summed E-state index contributed by atoms with van der Waals surface area (Å²) in [5.74, 6) is 2.66. The number of fused-ring (bicyclic) bond motifs is 1. The summed E-state index contributed by atoms with van der Waals surface area (Å²) in [6.07, 6.45) is 7.15. The summed E-state index contributed by atoms with van der Waals surface area (Å²) >= 11 is 0. The molecule has 4 aromatic rings. The van der Waals surface area contributed by atoms with Crippen molar-refractivity contribution >= 4 is 22.6 Å². The monoisotopic (exact) mass is 485 g/mol. The third-order valence-electron chi connectivity index (χ3n) is 7.20. The van der Waals surface area contributed by atoms with Crippen LogP contribution < -0.4 is 11.1 Å². The summed E-state index contributed by atoms with van der Waals surface area (Å²) in [6.45, 7) is 4.71. The number of nitrogens with one attached hydrogen (secondary N) is 1. The fourth-order valence-electron chi connectivity index (χ4n) is 5.15. The lowest BCUT2D eigenvalue weighted by Gasteiger charge is -2.32. The molecule has 5 rings (SSSR count). The van der Waals surface area contributed by atoms with Crippen LogP contribution in [0.2, 0.25) is 0 Å². The van der Waals surface area contributed by atoms with E-state index in [0.717, 1.165) is 62.5 Å². The summed E-state index contributed by atoms with van der Waals surface area (Å²) in [7, 11) is 0. The molecule has 1 aliphatic rings. The fourth-order valence-corrected chi connectivity index (χ4v) is 5.15. The SMILES string of the molecule is Nc1ccccc1C(=O)NCCCCN1CCC(Cc2nc3ccccc3n2Cc2ccco2)CC1. The second-order valence-corrected chi connectivity index (χ2v) is 9.72. The molecule has 0 saturated carbocycles. The molecule has 0 aliphatic carbocycles. The standard InChI is InChI=1S/C29H35N5O2/c30-25-10-2-1-9-24(25)29(35)31-15-5-6-16-33-17-13-22(14-18-33)20-28-32-26-11-3-4-12-27(26)34(28)21-23-8-7-19-36-23/h1-4,7-12,19,22H,5-6,13-18,20-21,30H2,(H,31,35). The van der Waals surface area contributed by atoms with Crippen molar-refractivity contribution in [2.45, 2.75) is 38.6 Å². The van der Waals surface area contributed by atoms with Gasteiger partial charge < -0.3 is 24.9 Å². The van der Waals surface area contributed by atoms with E-state index in [1.54, 1.807) is 18.4 Å². The van der Waals surface area contributed by atoms with E-state index in [2.05, 4.69) is 39.0 Å². The number of carbonyl (C=O) groups excluding carboxylic acids is 1. The van der Waals surface area contributed by atoms with Crippen LogP contribution in [0.15, 0.2) is 71.3 Å². The Kier molecular flexibility index (Phi) is 7.67. The maximum Gasteiger partial charge on any atom is 0.253 e. The van der Waals surface area contributed by atoms with Gasteiger partial charge in [-0.15, -0.1) is 0 Å². The number of carbonyl (C=O) groups is 1. The lowest BCUT2D eigenvalue weighted by molar-refractivity contribution is 0.0953. The van der Waals surface area contributed by atoms with Crippen molar-refractivity contribution < 1.29 is 9.21 Å². The number of para-hydroxylation sites is 3. The van der Waals surface area contributed by atoms with Gasteiger partial charge in [0.05, 0.1) is 29.4 Å². The molecule has 7 nitrogen and oxygen atoms in total. The quantitative estimate of drug-likeness (QED) is 0.251. The molecular weight excluding hydrogens is 450 g/mol. The van der Waals surface area contributed by atoms with E-state index < -0.39 is 0 Å². The number of amides is 1.